The monoisotopic (exact) mass is 896 g/mol. The molecule has 1 heterocycles. The van der Waals surface area contributed by atoms with Crippen LogP contribution in [0.4, 0.5) is 0 Å². The molecule has 1 rings (SSSR count). The Morgan fingerprint density at radius 3 is 1.41 bits per heavy atom. The van der Waals surface area contributed by atoms with Crippen molar-refractivity contribution in [2.24, 2.45) is 0 Å². The fraction of sp³-hybridized carbons (Fsp3) is 0.865. The Labute approximate surface area is 384 Å². The predicted octanol–water partition coefficient (Wildman–Crippen LogP) is 9.56. The smallest absolute Gasteiger partial charge is 0.249 e. The van der Waals surface area contributed by atoms with E-state index in [0.717, 1.165) is 51.4 Å². The van der Waals surface area contributed by atoms with Crippen LogP contribution in [0, 0.1) is 0 Å². The molecule has 11 nitrogen and oxygen atoms in total. The second-order valence-electron chi connectivity index (χ2n) is 18.2. The third-order valence-electron chi connectivity index (χ3n) is 12.4. The van der Waals surface area contributed by atoms with E-state index in [1.807, 2.05) is 0 Å². The van der Waals surface area contributed by atoms with Gasteiger partial charge in [0.15, 0.2) is 6.29 Å². The van der Waals surface area contributed by atoms with Gasteiger partial charge in [0.2, 0.25) is 5.91 Å². The summed E-state index contributed by atoms with van der Waals surface area (Å²) in [6.07, 6.45) is 37.6. The number of rotatable bonds is 43. The van der Waals surface area contributed by atoms with E-state index >= 15 is 0 Å². The summed E-state index contributed by atoms with van der Waals surface area (Å²) in [6, 6.07) is -1.19. The van der Waals surface area contributed by atoms with E-state index in [0.29, 0.717) is 19.3 Å². The molecule has 370 valence electrons. The van der Waals surface area contributed by atoms with Gasteiger partial charge in [0, 0.05) is 0 Å². The van der Waals surface area contributed by atoms with Crippen LogP contribution in [0.3, 0.4) is 0 Å². The highest BCUT2D eigenvalue weighted by Crippen LogP contribution is 2.23. The molecule has 9 unspecified atom stereocenters. The second kappa shape index (κ2) is 41.7. The summed E-state index contributed by atoms with van der Waals surface area (Å²) in [5, 5.41) is 75.8. The maximum Gasteiger partial charge on any atom is 0.249 e. The highest BCUT2D eigenvalue weighted by molar-refractivity contribution is 5.80. The third kappa shape index (κ3) is 31.0. The van der Waals surface area contributed by atoms with Crippen molar-refractivity contribution in [1.29, 1.82) is 0 Å². The van der Waals surface area contributed by atoms with E-state index < -0.39 is 74.2 Å². The molecule has 11 heteroatoms. The normalized spacial score (nSPS) is 21.4. The van der Waals surface area contributed by atoms with Crippen LogP contribution in [0.2, 0.25) is 0 Å². The number of hydrogen-bond donors (Lipinski definition) is 8. The van der Waals surface area contributed by atoms with Gasteiger partial charge in [0.05, 0.1) is 25.4 Å². The zero-order valence-electron chi connectivity index (χ0n) is 40.1. The molecular weight excluding hydrogens is 799 g/mol. The van der Waals surface area contributed by atoms with Crippen molar-refractivity contribution in [3.05, 3.63) is 36.5 Å². The van der Waals surface area contributed by atoms with Gasteiger partial charge in [-0.2, -0.15) is 0 Å². The highest BCUT2D eigenvalue weighted by Gasteiger charge is 2.44. The van der Waals surface area contributed by atoms with Gasteiger partial charge in [-0.3, -0.25) is 4.79 Å². The topological polar surface area (TPSA) is 189 Å². The van der Waals surface area contributed by atoms with Crippen molar-refractivity contribution in [3.63, 3.8) is 0 Å². The molecular formula is C52H97NO10. The molecule has 1 fully saturated rings. The van der Waals surface area contributed by atoms with E-state index in [9.17, 15) is 40.5 Å². The van der Waals surface area contributed by atoms with Crippen molar-refractivity contribution >= 4 is 5.91 Å². The maximum absolute atomic E-state index is 13.1. The molecule has 1 saturated heterocycles. The number of carbonyl (C=O) groups excluding carboxylic acids is 1. The predicted molar refractivity (Wildman–Crippen MR) is 256 cm³/mol. The van der Waals surface area contributed by atoms with Crippen LogP contribution >= 0.6 is 0 Å². The molecule has 63 heavy (non-hydrogen) atoms. The number of nitrogens with one attached hydrogen (secondary N) is 1. The molecule has 1 amide bonds. The molecule has 0 saturated carbocycles. The molecule has 0 aromatic rings. The molecule has 8 N–H and O–H groups in total. The zero-order valence-corrected chi connectivity index (χ0v) is 40.1. The lowest BCUT2D eigenvalue weighted by Crippen LogP contribution is -2.60. The number of allylic oxidation sites excluding steroid dienone is 6. The van der Waals surface area contributed by atoms with Gasteiger partial charge >= 0.3 is 0 Å². The van der Waals surface area contributed by atoms with Crippen molar-refractivity contribution in [2.45, 2.75) is 274 Å². The summed E-state index contributed by atoms with van der Waals surface area (Å²) in [5.41, 5.74) is 0. The first-order valence-electron chi connectivity index (χ1n) is 25.9. The summed E-state index contributed by atoms with van der Waals surface area (Å²) < 4.78 is 11.1. The Balaban J connectivity index is 2.44. The second-order valence-corrected chi connectivity index (χ2v) is 18.2. The van der Waals surface area contributed by atoms with E-state index in [1.165, 1.54) is 122 Å². The minimum Gasteiger partial charge on any atom is -0.394 e. The van der Waals surface area contributed by atoms with Crippen LogP contribution in [0.15, 0.2) is 36.5 Å². The minimum atomic E-state index is -1.67. The Morgan fingerprint density at radius 2 is 0.952 bits per heavy atom. The minimum absolute atomic E-state index is 0.237. The molecule has 0 aliphatic carbocycles. The summed E-state index contributed by atoms with van der Waals surface area (Å²) in [5.74, 6) is -0.719. The van der Waals surface area contributed by atoms with Gasteiger partial charge in [0.25, 0.3) is 0 Å². The molecule has 0 aromatic carbocycles. The zero-order chi connectivity index (χ0) is 46.2. The fourth-order valence-corrected chi connectivity index (χ4v) is 8.10. The molecule has 0 bridgehead atoms. The van der Waals surface area contributed by atoms with Crippen LogP contribution in [0.1, 0.15) is 219 Å². The lowest BCUT2D eigenvalue weighted by Gasteiger charge is -2.40. The van der Waals surface area contributed by atoms with Gasteiger partial charge in [-0.15, -0.1) is 0 Å². The van der Waals surface area contributed by atoms with Crippen molar-refractivity contribution in [1.82, 2.24) is 5.32 Å². The van der Waals surface area contributed by atoms with Crippen LogP contribution in [0.5, 0.6) is 0 Å². The van der Waals surface area contributed by atoms with E-state index in [2.05, 4.69) is 55.6 Å². The van der Waals surface area contributed by atoms with Gasteiger partial charge in [-0.25, -0.2) is 0 Å². The number of aliphatic hydroxyl groups is 7. The number of unbranched alkanes of at least 4 members (excludes halogenated alkanes) is 25. The van der Waals surface area contributed by atoms with Crippen LogP contribution < -0.4 is 5.32 Å². The number of amides is 1. The average Bonchev–Trinajstić information content (AvgIpc) is 3.28. The van der Waals surface area contributed by atoms with Gasteiger partial charge in [-0.05, 0) is 77.0 Å². The van der Waals surface area contributed by atoms with Crippen LogP contribution in [-0.2, 0) is 14.3 Å². The van der Waals surface area contributed by atoms with Crippen molar-refractivity contribution in [3.8, 4) is 0 Å². The quantitative estimate of drug-likeness (QED) is 0.0216. The lowest BCUT2D eigenvalue weighted by atomic mass is 9.98. The van der Waals surface area contributed by atoms with Crippen molar-refractivity contribution in [2.75, 3.05) is 13.2 Å². The summed E-state index contributed by atoms with van der Waals surface area (Å²) in [4.78, 5) is 13.1. The van der Waals surface area contributed by atoms with E-state index in [1.54, 1.807) is 0 Å². The Kier molecular flexibility index (Phi) is 39.3. The Hall–Kier alpha value is -1.67. The van der Waals surface area contributed by atoms with Crippen LogP contribution in [0.25, 0.3) is 0 Å². The fourth-order valence-electron chi connectivity index (χ4n) is 8.10. The largest absolute Gasteiger partial charge is 0.394 e. The Morgan fingerprint density at radius 1 is 0.540 bits per heavy atom. The molecule has 0 spiro atoms. The first-order chi connectivity index (χ1) is 30.7. The van der Waals surface area contributed by atoms with Gasteiger partial charge in [-0.1, -0.05) is 179 Å². The first kappa shape index (κ1) is 59.3. The van der Waals surface area contributed by atoms with Gasteiger partial charge < -0.3 is 50.5 Å². The van der Waals surface area contributed by atoms with Gasteiger partial charge in [0.1, 0.15) is 36.6 Å². The maximum atomic E-state index is 13.1. The highest BCUT2D eigenvalue weighted by atomic mass is 16.7. The molecule has 1 aliphatic rings. The average molecular weight is 896 g/mol. The summed E-state index contributed by atoms with van der Waals surface area (Å²) in [7, 11) is 0. The van der Waals surface area contributed by atoms with E-state index in [-0.39, 0.29) is 12.8 Å². The molecule has 0 aromatic heterocycles. The number of ether oxygens (including phenoxy) is 2. The number of hydrogen-bond acceptors (Lipinski definition) is 10. The summed E-state index contributed by atoms with van der Waals surface area (Å²) >= 11 is 0. The third-order valence-corrected chi connectivity index (χ3v) is 12.4. The summed E-state index contributed by atoms with van der Waals surface area (Å²) in [6.45, 7) is 3.43. The van der Waals surface area contributed by atoms with E-state index in [4.69, 9.17) is 9.47 Å². The number of carbonyl (C=O) groups is 1. The molecule has 9 atom stereocenters. The lowest BCUT2D eigenvalue weighted by molar-refractivity contribution is -0.303. The molecule has 0 radical (unpaired) electrons. The first-order valence-corrected chi connectivity index (χ1v) is 25.9. The van der Waals surface area contributed by atoms with Crippen LogP contribution in [-0.4, -0.2) is 110 Å². The molecule has 1 aliphatic heterocycles. The number of aliphatic hydroxyl groups excluding tert-OH is 7. The SMILES string of the molecule is CCCCCCCCCCC/C=C\CCCCCCC(O)C(=O)NC(COC1OC(CO)C(O)C(O)C1O)C(O)C(O)CCC/C=C/CC/C=C/CCCCCCCCCCCC. The Bertz CT molecular complexity index is 1120. The standard InChI is InChI=1S/C52H97NO10/c1-3-5-7-9-11-13-15-17-19-21-22-24-25-27-29-31-33-35-37-39-44(55)47(57)43(42-62-52-50(60)49(59)48(58)46(41-54)63-52)53-51(61)45(56)40-38-36-34-32-30-28-26-23-20-18-16-14-12-10-8-6-4-2/h24-26,28,31,33,43-50,52,54-60H,3-23,27,29-30,32,34-42H2,1-2H3,(H,53,61)/b25-24+,28-26-,33-31+. The van der Waals surface area contributed by atoms with Crippen molar-refractivity contribution < 1.29 is 50.0 Å².